The highest BCUT2D eigenvalue weighted by Gasteiger charge is 2.48. The van der Waals surface area contributed by atoms with Crippen molar-refractivity contribution in [2.24, 2.45) is 11.3 Å². The highest BCUT2D eigenvalue weighted by Crippen LogP contribution is 2.47. The fourth-order valence-corrected chi connectivity index (χ4v) is 2.96. The standard InChI is InChI=1S/C17H34O4/c1-13-10-16(8,9)12-17(11-13,20-18-14(2,3)4)21-19-15(5,6)7/h13H,10-12H2,1-9H3. The zero-order chi connectivity index (χ0) is 16.5. The molecule has 1 rings (SSSR count). The largest absolute Gasteiger partial charge is 0.234 e. The Labute approximate surface area is 130 Å². The third kappa shape index (κ3) is 7.09. The van der Waals surface area contributed by atoms with Crippen molar-refractivity contribution in [1.29, 1.82) is 0 Å². The maximum Gasteiger partial charge on any atom is 0.234 e. The lowest BCUT2D eigenvalue weighted by Gasteiger charge is -2.46. The van der Waals surface area contributed by atoms with Gasteiger partial charge in [0.1, 0.15) is 0 Å². The average Bonchev–Trinajstić information content (AvgIpc) is 2.19. The Kier molecular flexibility index (Phi) is 5.53. The summed E-state index contributed by atoms with van der Waals surface area (Å²) in [7, 11) is 0. The zero-order valence-electron chi connectivity index (χ0n) is 15.3. The maximum atomic E-state index is 5.79. The van der Waals surface area contributed by atoms with Crippen molar-refractivity contribution in [3.05, 3.63) is 0 Å². The lowest BCUT2D eigenvalue weighted by Crippen LogP contribution is -2.48. The number of hydrogen-bond acceptors (Lipinski definition) is 4. The molecule has 0 bridgehead atoms. The van der Waals surface area contributed by atoms with Gasteiger partial charge in [0.05, 0.1) is 11.2 Å². The van der Waals surface area contributed by atoms with Crippen molar-refractivity contribution >= 4 is 0 Å². The molecule has 1 fully saturated rings. The summed E-state index contributed by atoms with van der Waals surface area (Å²) in [5.74, 6) is -0.359. The van der Waals surface area contributed by atoms with E-state index in [1.54, 1.807) is 0 Å². The highest BCUT2D eigenvalue weighted by molar-refractivity contribution is 4.88. The second kappa shape index (κ2) is 6.15. The molecule has 1 unspecified atom stereocenters. The Balaban J connectivity index is 2.87. The lowest BCUT2D eigenvalue weighted by atomic mass is 9.70. The van der Waals surface area contributed by atoms with Gasteiger partial charge in [0.25, 0.3) is 0 Å². The first kappa shape index (κ1) is 18.9. The van der Waals surface area contributed by atoms with Gasteiger partial charge < -0.3 is 0 Å². The summed E-state index contributed by atoms with van der Waals surface area (Å²) in [5, 5.41) is 0. The van der Waals surface area contributed by atoms with Crippen LogP contribution in [0, 0.1) is 11.3 Å². The van der Waals surface area contributed by atoms with Crippen LogP contribution in [0.2, 0.25) is 0 Å². The summed E-state index contributed by atoms with van der Waals surface area (Å²) in [6, 6.07) is 0. The van der Waals surface area contributed by atoms with Crippen LogP contribution in [0.25, 0.3) is 0 Å². The van der Waals surface area contributed by atoms with E-state index in [1.165, 1.54) is 0 Å². The SMILES string of the molecule is CC1CC(C)(C)CC(OOC(C)(C)C)(OOC(C)(C)C)C1. The van der Waals surface area contributed by atoms with E-state index in [-0.39, 0.29) is 16.6 Å². The fraction of sp³-hybridized carbons (Fsp3) is 1.00. The minimum absolute atomic E-state index is 0.125. The molecule has 0 spiro atoms. The van der Waals surface area contributed by atoms with Gasteiger partial charge in [-0.05, 0) is 59.3 Å². The summed E-state index contributed by atoms with van der Waals surface area (Å²) in [6.45, 7) is 18.5. The van der Waals surface area contributed by atoms with Crippen molar-refractivity contribution < 1.29 is 19.6 Å². The van der Waals surface area contributed by atoms with Gasteiger partial charge in [0.2, 0.25) is 5.79 Å². The second-order valence-corrected chi connectivity index (χ2v) is 9.32. The van der Waals surface area contributed by atoms with E-state index in [9.17, 15) is 0 Å². The van der Waals surface area contributed by atoms with Crippen LogP contribution in [0.3, 0.4) is 0 Å². The molecule has 0 radical (unpaired) electrons. The van der Waals surface area contributed by atoms with Gasteiger partial charge in [-0.15, -0.1) is 0 Å². The van der Waals surface area contributed by atoms with E-state index in [0.717, 1.165) is 19.3 Å². The van der Waals surface area contributed by atoms with Crippen LogP contribution in [0.15, 0.2) is 0 Å². The molecule has 1 aliphatic rings. The van der Waals surface area contributed by atoms with Crippen LogP contribution in [-0.2, 0) is 19.6 Å². The predicted octanol–water partition coefficient (Wildman–Crippen LogP) is 5.02. The molecule has 1 atom stereocenters. The van der Waals surface area contributed by atoms with Gasteiger partial charge in [0.15, 0.2) is 0 Å². The van der Waals surface area contributed by atoms with E-state index in [2.05, 4.69) is 20.8 Å². The van der Waals surface area contributed by atoms with Crippen molar-refractivity contribution in [2.45, 2.75) is 98.6 Å². The molecular formula is C17H34O4. The molecule has 1 aliphatic carbocycles. The normalized spacial score (nSPS) is 25.9. The molecule has 0 heterocycles. The lowest BCUT2D eigenvalue weighted by molar-refractivity contribution is -0.551. The van der Waals surface area contributed by atoms with Gasteiger partial charge >= 0.3 is 0 Å². The van der Waals surface area contributed by atoms with Crippen LogP contribution >= 0.6 is 0 Å². The third-order valence-electron chi connectivity index (χ3n) is 3.20. The molecule has 0 N–H and O–H groups in total. The summed E-state index contributed by atoms with van der Waals surface area (Å²) in [6.07, 6.45) is 2.66. The fourth-order valence-electron chi connectivity index (χ4n) is 2.96. The van der Waals surface area contributed by atoms with Gasteiger partial charge in [-0.1, -0.05) is 20.8 Å². The molecule has 126 valence electrons. The first-order chi connectivity index (χ1) is 9.22. The van der Waals surface area contributed by atoms with Crippen LogP contribution in [-0.4, -0.2) is 17.0 Å². The first-order valence-corrected chi connectivity index (χ1v) is 7.96. The Morgan fingerprint density at radius 1 is 0.810 bits per heavy atom. The molecule has 21 heavy (non-hydrogen) atoms. The van der Waals surface area contributed by atoms with Crippen LogP contribution in [0.4, 0.5) is 0 Å². The van der Waals surface area contributed by atoms with E-state index in [4.69, 9.17) is 19.6 Å². The molecule has 0 aliphatic heterocycles. The van der Waals surface area contributed by atoms with Crippen LogP contribution in [0.1, 0.15) is 81.6 Å². The van der Waals surface area contributed by atoms with E-state index >= 15 is 0 Å². The smallest absolute Gasteiger partial charge is 0.228 e. The minimum atomic E-state index is -0.846. The van der Waals surface area contributed by atoms with E-state index in [0.29, 0.717) is 5.92 Å². The Hall–Kier alpha value is -0.160. The van der Waals surface area contributed by atoms with Crippen molar-refractivity contribution in [3.8, 4) is 0 Å². The Morgan fingerprint density at radius 3 is 1.57 bits per heavy atom. The van der Waals surface area contributed by atoms with Crippen molar-refractivity contribution in [2.75, 3.05) is 0 Å². The average molecular weight is 302 g/mol. The summed E-state index contributed by atoms with van der Waals surface area (Å²) in [5.41, 5.74) is -0.647. The Bertz CT molecular complexity index is 318. The van der Waals surface area contributed by atoms with Gasteiger partial charge in [0, 0.05) is 12.8 Å². The van der Waals surface area contributed by atoms with Crippen LogP contribution < -0.4 is 0 Å². The molecule has 0 aromatic rings. The van der Waals surface area contributed by atoms with E-state index in [1.807, 2.05) is 41.5 Å². The highest BCUT2D eigenvalue weighted by atomic mass is 17.3. The maximum absolute atomic E-state index is 5.79. The first-order valence-electron chi connectivity index (χ1n) is 7.96. The monoisotopic (exact) mass is 302 g/mol. The van der Waals surface area contributed by atoms with Crippen molar-refractivity contribution in [1.82, 2.24) is 0 Å². The van der Waals surface area contributed by atoms with Crippen molar-refractivity contribution in [3.63, 3.8) is 0 Å². The quantitative estimate of drug-likeness (QED) is 0.415. The molecule has 4 nitrogen and oxygen atoms in total. The third-order valence-corrected chi connectivity index (χ3v) is 3.20. The van der Waals surface area contributed by atoms with E-state index < -0.39 is 5.79 Å². The molecule has 0 aromatic carbocycles. The molecule has 1 saturated carbocycles. The van der Waals surface area contributed by atoms with Crippen LogP contribution in [0.5, 0.6) is 0 Å². The molecule has 0 saturated heterocycles. The topological polar surface area (TPSA) is 36.9 Å². The molecule has 4 heteroatoms. The van der Waals surface area contributed by atoms with Gasteiger partial charge in [-0.2, -0.15) is 9.78 Å². The minimum Gasteiger partial charge on any atom is -0.228 e. The Morgan fingerprint density at radius 2 is 1.24 bits per heavy atom. The predicted molar refractivity (Wildman–Crippen MR) is 83.4 cm³/mol. The molecular weight excluding hydrogens is 268 g/mol. The summed E-state index contributed by atoms with van der Waals surface area (Å²) in [4.78, 5) is 22.7. The summed E-state index contributed by atoms with van der Waals surface area (Å²) < 4.78 is 0. The zero-order valence-corrected chi connectivity index (χ0v) is 15.3. The molecule has 0 aromatic heterocycles. The van der Waals surface area contributed by atoms with Gasteiger partial charge in [-0.25, -0.2) is 9.78 Å². The van der Waals surface area contributed by atoms with Gasteiger partial charge in [-0.3, -0.25) is 0 Å². The molecule has 0 amide bonds. The summed E-state index contributed by atoms with van der Waals surface area (Å²) >= 11 is 0. The number of rotatable bonds is 4. The second-order valence-electron chi connectivity index (χ2n) is 9.32. The number of hydrogen-bond donors (Lipinski definition) is 0.